The molecule has 0 unspecified atom stereocenters. The first kappa shape index (κ1) is 20.9. The highest BCUT2D eigenvalue weighted by Crippen LogP contribution is 2.29. The van der Waals surface area contributed by atoms with Crippen molar-refractivity contribution in [3.05, 3.63) is 72.1 Å². The maximum atomic E-state index is 13.0. The number of fused-ring (bicyclic) bond motifs is 1. The van der Waals surface area contributed by atoms with Crippen LogP contribution in [0.3, 0.4) is 0 Å². The Labute approximate surface area is 190 Å². The number of rotatable bonds is 4. The lowest BCUT2D eigenvalue weighted by atomic mass is 10.2. The van der Waals surface area contributed by atoms with Gasteiger partial charge in [0.2, 0.25) is 0 Å². The van der Waals surface area contributed by atoms with Crippen molar-refractivity contribution in [2.24, 2.45) is 0 Å². The number of hydrogen-bond donors (Lipinski definition) is 2. The summed E-state index contributed by atoms with van der Waals surface area (Å²) in [5.74, 6) is 0.569. The van der Waals surface area contributed by atoms with E-state index in [0.717, 1.165) is 39.4 Å². The molecular weight excluding hydrogens is 421 g/mol. The molecule has 5 rings (SSSR count). The number of benzene rings is 1. The molecule has 33 heavy (non-hydrogen) atoms. The lowest BCUT2D eigenvalue weighted by molar-refractivity contribution is 0.194. The Balaban J connectivity index is 1.25. The molecular formula is C24H24FN7O. The van der Waals surface area contributed by atoms with E-state index in [9.17, 15) is 9.18 Å². The fraction of sp³-hybridized carbons (Fsp3) is 0.250. The lowest BCUT2D eigenvalue weighted by Gasteiger charge is -2.35. The molecule has 0 aliphatic carbocycles. The molecule has 0 spiro atoms. The molecule has 0 radical (unpaired) electrons. The molecule has 4 heterocycles. The zero-order valence-corrected chi connectivity index (χ0v) is 18.3. The number of piperazine rings is 1. The van der Waals surface area contributed by atoms with Crippen molar-refractivity contribution in [3.8, 4) is 11.3 Å². The number of carbonyl (C=O) groups is 1. The number of H-pyrrole nitrogens is 1. The second-order valence-electron chi connectivity index (χ2n) is 8.09. The summed E-state index contributed by atoms with van der Waals surface area (Å²) in [6, 6.07) is 12.1. The zero-order chi connectivity index (χ0) is 22.8. The number of urea groups is 1. The van der Waals surface area contributed by atoms with Crippen LogP contribution >= 0.6 is 0 Å². The van der Waals surface area contributed by atoms with Gasteiger partial charge in [-0.2, -0.15) is 0 Å². The molecule has 4 aromatic rings. The smallest absolute Gasteiger partial charge is 0.317 e. The average molecular weight is 446 g/mol. The normalized spacial score (nSPS) is 14.0. The number of amides is 2. The van der Waals surface area contributed by atoms with E-state index in [1.54, 1.807) is 23.4 Å². The summed E-state index contributed by atoms with van der Waals surface area (Å²) in [6.07, 6.45) is 3.41. The summed E-state index contributed by atoms with van der Waals surface area (Å²) >= 11 is 0. The van der Waals surface area contributed by atoms with E-state index in [2.05, 4.69) is 36.2 Å². The predicted octanol–water partition coefficient (Wildman–Crippen LogP) is 3.50. The molecule has 2 N–H and O–H groups in total. The van der Waals surface area contributed by atoms with Crippen molar-refractivity contribution in [3.63, 3.8) is 0 Å². The molecule has 0 saturated carbocycles. The molecule has 1 aliphatic heterocycles. The molecule has 1 fully saturated rings. The van der Waals surface area contributed by atoms with Crippen molar-refractivity contribution in [1.82, 2.24) is 30.2 Å². The Morgan fingerprint density at radius 2 is 1.85 bits per heavy atom. The lowest BCUT2D eigenvalue weighted by Crippen LogP contribution is -2.52. The molecule has 9 heteroatoms. The maximum absolute atomic E-state index is 13.0. The van der Waals surface area contributed by atoms with Gasteiger partial charge in [0, 0.05) is 55.9 Å². The van der Waals surface area contributed by atoms with Crippen LogP contribution in [0.4, 0.5) is 15.0 Å². The fourth-order valence-corrected chi connectivity index (χ4v) is 3.97. The van der Waals surface area contributed by atoms with Crippen molar-refractivity contribution < 1.29 is 9.18 Å². The van der Waals surface area contributed by atoms with Crippen LogP contribution in [-0.4, -0.2) is 57.0 Å². The Morgan fingerprint density at radius 1 is 1.06 bits per heavy atom. The number of pyridine rings is 1. The van der Waals surface area contributed by atoms with E-state index in [1.807, 2.05) is 25.3 Å². The summed E-state index contributed by atoms with van der Waals surface area (Å²) in [7, 11) is 0. The minimum Gasteiger partial charge on any atom is -0.352 e. The second kappa shape index (κ2) is 8.85. The van der Waals surface area contributed by atoms with Crippen LogP contribution in [0.15, 0.2) is 55.0 Å². The predicted molar refractivity (Wildman–Crippen MR) is 124 cm³/mol. The van der Waals surface area contributed by atoms with Gasteiger partial charge in [-0.3, -0.25) is 4.98 Å². The monoisotopic (exact) mass is 445 g/mol. The molecule has 1 aliphatic rings. The number of aromatic amines is 1. The van der Waals surface area contributed by atoms with Gasteiger partial charge in [0.05, 0.1) is 5.39 Å². The van der Waals surface area contributed by atoms with Crippen LogP contribution in [0.5, 0.6) is 0 Å². The third-order valence-electron chi connectivity index (χ3n) is 5.85. The number of hydrogen-bond acceptors (Lipinski definition) is 5. The summed E-state index contributed by atoms with van der Waals surface area (Å²) in [5, 5.41) is 3.85. The van der Waals surface area contributed by atoms with Crippen LogP contribution < -0.4 is 10.2 Å². The molecule has 8 nitrogen and oxygen atoms in total. The van der Waals surface area contributed by atoms with Gasteiger partial charge in [0.15, 0.2) is 0 Å². The number of nitrogens with one attached hydrogen (secondary N) is 2. The van der Waals surface area contributed by atoms with Gasteiger partial charge in [-0.25, -0.2) is 19.2 Å². The summed E-state index contributed by atoms with van der Waals surface area (Å²) in [4.78, 5) is 33.2. The van der Waals surface area contributed by atoms with Crippen molar-refractivity contribution in [2.75, 3.05) is 31.1 Å². The summed E-state index contributed by atoms with van der Waals surface area (Å²) < 4.78 is 13.0. The van der Waals surface area contributed by atoms with E-state index in [4.69, 9.17) is 0 Å². The Kier molecular flexibility index (Phi) is 5.60. The van der Waals surface area contributed by atoms with Gasteiger partial charge in [-0.1, -0.05) is 12.1 Å². The van der Waals surface area contributed by atoms with E-state index >= 15 is 0 Å². The first-order chi connectivity index (χ1) is 16.1. The summed E-state index contributed by atoms with van der Waals surface area (Å²) in [5.41, 5.74) is 4.54. The van der Waals surface area contributed by atoms with Crippen molar-refractivity contribution >= 4 is 22.9 Å². The van der Waals surface area contributed by atoms with Crippen LogP contribution in [0.1, 0.15) is 11.3 Å². The van der Waals surface area contributed by atoms with Crippen LogP contribution in [0.25, 0.3) is 22.3 Å². The first-order valence-corrected chi connectivity index (χ1v) is 10.9. The molecule has 0 bridgehead atoms. The first-order valence-electron chi connectivity index (χ1n) is 10.9. The number of aryl methyl sites for hydroxylation is 1. The number of carbonyl (C=O) groups excluding carboxylic acids is 1. The van der Waals surface area contributed by atoms with Gasteiger partial charge in [-0.05, 0) is 42.8 Å². The third-order valence-corrected chi connectivity index (χ3v) is 5.85. The maximum Gasteiger partial charge on any atom is 0.317 e. The van der Waals surface area contributed by atoms with E-state index in [1.165, 1.54) is 12.1 Å². The molecule has 0 atom stereocenters. The van der Waals surface area contributed by atoms with Crippen LogP contribution in [-0.2, 0) is 6.54 Å². The van der Waals surface area contributed by atoms with Gasteiger partial charge in [0.25, 0.3) is 0 Å². The van der Waals surface area contributed by atoms with Crippen molar-refractivity contribution in [2.45, 2.75) is 13.5 Å². The van der Waals surface area contributed by atoms with Gasteiger partial charge < -0.3 is 20.1 Å². The van der Waals surface area contributed by atoms with Crippen LogP contribution in [0.2, 0.25) is 0 Å². The quantitative estimate of drug-likeness (QED) is 0.502. The largest absolute Gasteiger partial charge is 0.352 e. The Morgan fingerprint density at radius 3 is 2.58 bits per heavy atom. The third kappa shape index (κ3) is 4.48. The highest BCUT2D eigenvalue weighted by molar-refractivity contribution is 5.92. The number of anilines is 1. The van der Waals surface area contributed by atoms with E-state index in [-0.39, 0.29) is 11.8 Å². The average Bonchev–Trinajstić information content (AvgIpc) is 3.28. The number of halogens is 1. The van der Waals surface area contributed by atoms with Gasteiger partial charge in [-0.15, -0.1) is 0 Å². The standard InChI is InChI=1S/C24H24FN7O/c1-16-2-5-18(14-26-16)21-12-20-22(30-21)28-15-29-23(20)31-8-10-32(11-9-31)24(33)27-13-17-3-6-19(25)7-4-17/h2-7,12,14-15H,8-11,13H2,1H3,(H,27,33)(H,28,29,30). The topological polar surface area (TPSA) is 90.0 Å². The van der Waals surface area contributed by atoms with Gasteiger partial charge in [0.1, 0.15) is 23.6 Å². The Hall–Kier alpha value is -4.01. The summed E-state index contributed by atoms with van der Waals surface area (Å²) in [6.45, 7) is 4.83. The minimum absolute atomic E-state index is 0.123. The number of nitrogens with zero attached hydrogens (tertiary/aromatic N) is 5. The van der Waals surface area contributed by atoms with Crippen molar-refractivity contribution in [1.29, 1.82) is 0 Å². The molecule has 168 valence electrons. The van der Waals surface area contributed by atoms with E-state index in [0.29, 0.717) is 32.7 Å². The minimum atomic E-state index is -0.287. The van der Waals surface area contributed by atoms with Gasteiger partial charge >= 0.3 is 6.03 Å². The highest BCUT2D eigenvalue weighted by atomic mass is 19.1. The van der Waals surface area contributed by atoms with E-state index < -0.39 is 0 Å². The Bertz CT molecular complexity index is 1260. The number of aromatic nitrogens is 4. The zero-order valence-electron chi connectivity index (χ0n) is 18.3. The second-order valence-corrected chi connectivity index (χ2v) is 8.09. The molecule has 3 aromatic heterocycles. The fourth-order valence-electron chi connectivity index (χ4n) is 3.97. The van der Waals surface area contributed by atoms with Crippen LogP contribution in [0, 0.1) is 12.7 Å². The molecule has 2 amide bonds. The SMILES string of the molecule is Cc1ccc(-c2cc3c(N4CCN(C(=O)NCc5ccc(F)cc5)CC4)ncnc3[nH]2)cn1. The molecule has 1 aromatic carbocycles. The highest BCUT2D eigenvalue weighted by Gasteiger charge is 2.23. The molecule has 1 saturated heterocycles.